The van der Waals surface area contributed by atoms with Crippen molar-refractivity contribution in [3.63, 3.8) is 0 Å². The van der Waals surface area contributed by atoms with Gasteiger partial charge in [0.2, 0.25) is 0 Å². The number of carbonyl (C=O) groups excluding carboxylic acids is 1. The van der Waals surface area contributed by atoms with E-state index in [-0.39, 0.29) is 12.4 Å². The van der Waals surface area contributed by atoms with E-state index in [0.29, 0.717) is 0 Å². The smallest absolute Gasteiger partial charge is 0.309 e. The molecule has 0 bridgehead atoms. The minimum atomic E-state index is -0.249. The molecule has 3 nitrogen and oxygen atoms in total. The summed E-state index contributed by atoms with van der Waals surface area (Å²) in [6.45, 7) is 0. The van der Waals surface area contributed by atoms with Gasteiger partial charge in [-0.2, -0.15) is 0 Å². The maximum absolute atomic E-state index is 11.1. The highest BCUT2D eigenvalue weighted by molar-refractivity contribution is 9.10. The average Bonchev–Trinajstić information content (AvgIpc) is 2.43. The van der Waals surface area contributed by atoms with Gasteiger partial charge in [0.25, 0.3) is 0 Å². The maximum atomic E-state index is 11.1. The molecule has 4 heteroatoms. The van der Waals surface area contributed by atoms with Crippen molar-refractivity contribution in [1.82, 2.24) is 0 Å². The van der Waals surface area contributed by atoms with Crippen LogP contribution in [0.1, 0.15) is 5.56 Å². The molecule has 19 heavy (non-hydrogen) atoms. The molecule has 2 aromatic rings. The Labute approximate surface area is 120 Å². The molecule has 0 radical (unpaired) electrons. The van der Waals surface area contributed by atoms with Gasteiger partial charge in [0.15, 0.2) is 0 Å². The number of benzene rings is 2. The van der Waals surface area contributed by atoms with Crippen LogP contribution in [0, 0.1) is 0 Å². The molecule has 0 aliphatic rings. The summed E-state index contributed by atoms with van der Waals surface area (Å²) in [5.74, 6) is 1.25. The van der Waals surface area contributed by atoms with Crippen LogP contribution in [0.25, 0.3) is 0 Å². The third-order valence-corrected chi connectivity index (χ3v) is 3.08. The average molecular weight is 321 g/mol. The van der Waals surface area contributed by atoms with Crippen molar-refractivity contribution in [2.45, 2.75) is 6.42 Å². The van der Waals surface area contributed by atoms with E-state index in [9.17, 15) is 4.79 Å². The predicted octanol–water partition coefficient (Wildman–Crippen LogP) is 3.96. The molecule has 2 rings (SSSR count). The van der Waals surface area contributed by atoms with Crippen LogP contribution < -0.4 is 4.74 Å². The highest BCUT2D eigenvalue weighted by atomic mass is 79.9. The van der Waals surface area contributed by atoms with E-state index in [2.05, 4.69) is 20.7 Å². The summed E-state index contributed by atoms with van der Waals surface area (Å²) in [6, 6.07) is 15.0. The minimum absolute atomic E-state index is 0.249. The summed E-state index contributed by atoms with van der Waals surface area (Å²) >= 11 is 3.37. The summed E-state index contributed by atoms with van der Waals surface area (Å²) < 4.78 is 11.3. The SMILES string of the molecule is COC(=O)Cc1ccc(Oc2ccc(Br)cc2)cc1. The molecule has 2 aromatic carbocycles. The lowest BCUT2D eigenvalue weighted by molar-refractivity contribution is -0.139. The molecule has 0 amide bonds. The minimum Gasteiger partial charge on any atom is -0.469 e. The lowest BCUT2D eigenvalue weighted by Crippen LogP contribution is -2.04. The molecule has 0 unspecified atom stereocenters. The summed E-state index contributed by atoms with van der Waals surface area (Å²) in [7, 11) is 1.38. The molecule has 98 valence electrons. The van der Waals surface area contributed by atoms with Crippen molar-refractivity contribution in [3.05, 3.63) is 58.6 Å². The second kappa shape index (κ2) is 6.38. The number of methoxy groups -OCH3 is 1. The van der Waals surface area contributed by atoms with Crippen LogP contribution in [0.5, 0.6) is 11.5 Å². The fourth-order valence-corrected chi connectivity index (χ4v) is 1.82. The van der Waals surface area contributed by atoms with Gasteiger partial charge in [0.1, 0.15) is 11.5 Å². The van der Waals surface area contributed by atoms with Crippen molar-refractivity contribution in [1.29, 1.82) is 0 Å². The van der Waals surface area contributed by atoms with E-state index in [1.165, 1.54) is 7.11 Å². The molecule has 0 fully saturated rings. The van der Waals surface area contributed by atoms with Gasteiger partial charge in [0.05, 0.1) is 13.5 Å². The van der Waals surface area contributed by atoms with Crippen molar-refractivity contribution in [3.8, 4) is 11.5 Å². The van der Waals surface area contributed by atoms with Gasteiger partial charge in [-0.3, -0.25) is 4.79 Å². The Hall–Kier alpha value is -1.81. The van der Waals surface area contributed by atoms with Crippen molar-refractivity contribution >= 4 is 21.9 Å². The number of ether oxygens (including phenoxy) is 2. The molecule has 0 N–H and O–H groups in total. The highest BCUT2D eigenvalue weighted by Gasteiger charge is 2.03. The first kappa shape index (κ1) is 13.6. The topological polar surface area (TPSA) is 35.5 Å². The zero-order chi connectivity index (χ0) is 13.7. The number of halogens is 1. The van der Waals surface area contributed by atoms with Crippen LogP contribution in [-0.4, -0.2) is 13.1 Å². The number of carbonyl (C=O) groups is 1. The van der Waals surface area contributed by atoms with Gasteiger partial charge >= 0.3 is 5.97 Å². The van der Waals surface area contributed by atoms with Crippen molar-refractivity contribution in [2.75, 3.05) is 7.11 Å². The molecule has 0 spiro atoms. The fraction of sp³-hybridized carbons (Fsp3) is 0.133. The molecule has 0 aliphatic carbocycles. The van der Waals surface area contributed by atoms with Gasteiger partial charge < -0.3 is 9.47 Å². The zero-order valence-corrected chi connectivity index (χ0v) is 12.0. The first-order valence-electron chi connectivity index (χ1n) is 5.76. The summed E-state index contributed by atoms with van der Waals surface area (Å²) in [4.78, 5) is 11.1. The third kappa shape index (κ3) is 4.10. The Bertz CT molecular complexity index is 547. The molecule has 0 aliphatic heterocycles. The molecule has 0 saturated heterocycles. The Balaban J connectivity index is 2.02. The summed E-state index contributed by atoms with van der Waals surface area (Å²) in [5.41, 5.74) is 0.898. The normalized spacial score (nSPS) is 10.0. The van der Waals surface area contributed by atoms with Gasteiger partial charge in [-0.25, -0.2) is 0 Å². The second-order valence-corrected chi connectivity index (χ2v) is 4.87. The van der Waals surface area contributed by atoms with Gasteiger partial charge in [0, 0.05) is 4.47 Å². The van der Waals surface area contributed by atoms with E-state index in [4.69, 9.17) is 4.74 Å². The van der Waals surface area contributed by atoms with E-state index >= 15 is 0 Å². The van der Waals surface area contributed by atoms with Crippen LogP contribution >= 0.6 is 15.9 Å². The lowest BCUT2D eigenvalue weighted by atomic mass is 10.1. The summed E-state index contributed by atoms with van der Waals surface area (Å²) in [6.07, 6.45) is 0.273. The van der Waals surface area contributed by atoms with Gasteiger partial charge in [-0.1, -0.05) is 28.1 Å². The van der Waals surface area contributed by atoms with Crippen LogP contribution in [0.3, 0.4) is 0 Å². The zero-order valence-electron chi connectivity index (χ0n) is 10.4. The van der Waals surface area contributed by atoms with E-state index < -0.39 is 0 Å². The standard InChI is InChI=1S/C15H13BrO3/c1-18-15(17)10-11-2-6-13(7-3-11)19-14-8-4-12(16)5-9-14/h2-9H,10H2,1H3. The molecular formula is C15H13BrO3. The lowest BCUT2D eigenvalue weighted by Gasteiger charge is -2.06. The molecular weight excluding hydrogens is 308 g/mol. The maximum Gasteiger partial charge on any atom is 0.309 e. The number of esters is 1. The quantitative estimate of drug-likeness (QED) is 0.800. The van der Waals surface area contributed by atoms with Crippen LogP contribution in [0.4, 0.5) is 0 Å². The Kier molecular flexibility index (Phi) is 4.58. The summed E-state index contributed by atoms with van der Waals surface area (Å²) in [5, 5.41) is 0. The number of hydrogen-bond donors (Lipinski definition) is 0. The molecule has 0 heterocycles. The Morgan fingerprint density at radius 1 is 1.00 bits per heavy atom. The second-order valence-electron chi connectivity index (χ2n) is 3.95. The van der Waals surface area contributed by atoms with E-state index in [1.54, 1.807) is 0 Å². The Morgan fingerprint density at radius 2 is 1.53 bits per heavy atom. The van der Waals surface area contributed by atoms with Crippen molar-refractivity contribution in [2.24, 2.45) is 0 Å². The van der Waals surface area contributed by atoms with Crippen LogP contribution in [0.15, 0.2) is 53.0 Å². The Morgan fingerprint density at radius 3 is 2.05 bits per heavy atom. The van der Waals surface area contributed by atoms with E-state index in [1.807, 2.05) is 48.5 Å². The fourth-order valence-electron chi connectivity index (χ4n) is 1.55. The first-order valence-corrected chi connectivity index (χ1v) is 6.56. The van der Waals surface area contributed by atoms with Gasteiger partial charge in [-0.05, 0) is 42.0 Å². The molecule has 0 atom stereocenters. The first-order chi connectivity index (χ1) is 9.17. The third-order valence-electron chi connectivity index (χ3n) is 2.55. The predicted molar refractivity (Wildman–Crippen MR) is 76.4 cm³/mol. The van der Waals surface area contributed by atoms with E-state index in [0.717, 1.165) is 21.5 Å². The van der Waals surface area contributed by atoms with Crippen LogP contribution in [-0.2, 0) is 16.0 Å². The van der Waals surface area contributed by atoms with Crippen LogP contribution in [0.2, 0.25) is 0 Å². The number of rotatable bonds is 4. The largest absolute Gasteiger partial charge is 0.469 e. The monoisotopic (exact) mass is 320 g/mol. The highest BCUT2D eigenvalue weighted by Crippen LogP contribution is 2.23. The molecule has 0 saturated carbocycles. The molecule has 0 aromatic heterocycles. The van der Waals surface area contributed by atoms with Crippen molar-refractivity contribution < 1.29 is 14.3 Å². The number of hydrogen-bond acceptors (Lipinski definition) is 3. The van der Waals surface area contributed by atoms with Gasteiger partial charge in [-0.15, -0.1) is 0 Å².